The van der Waals surface area contributed by atoms with Gasteiger partial charge in [0.25, 0.3) is 0 Å². The summed E-state index contributed by atoms with van der Waals surface area (Å²) in [6.07, 6.45) is 1.03. The quantitative estimate of drug-likeness (QED) is 0.487. The molecule has 0 aliphatic heterocycles. The highest BCUT2D eigenvalue weighted by molar-refractivity contribution is 6.88. The third kappa shape index (κ3) is 3.45. The standard InChI is InChI=1S/C28H30Si/c1-21-22(2)27(20-24-14-8-5-9-15-24)28(4,23(21)3)29(25-16-10-6-11-17-25)26-18-12-7-13-19-26/h5-19,29H,20H2,1-4H3. The molecule has 0 fully saturated rings. The molecule has 1 aliphatic carbocycles. The van der Waals surface area contributed by atoms with Crippen LogP contribution in [0.15, 0.2) is 113 Å². The van der Waals surface area contributed by atoms with Crippen molar-refractivity contribution in [2.75, 3.05) is 0 Å². The molecule has 0 amide bonds. The number of hydrogen-bond acceptors (Lipinski definition) is 0. The van der Waals surface area contributed by atoms with Crippen LogP contribution in [-0.2, 0) is 6.42 Å². The second kappa shape index (κ2) is 8.00. The largest absolute Gasteiger partial charge is 0.116 e. The second-order valence-corrected chi connectivity index (χ2v) is 11.8. The Morgan fingerprint density at radius 3 is 1.55 bits per heavy atom. The van der Waals surface area contributed by atoms with Crippen LogP contribution in [0.3, 0.4) is 0 Å². The van der Waals surface area contributed by atoms with E-state index in [9.17, 15) is 0 Å². The van der Waals surface area contributed by atoms with Crippen molar-refractivity contribution in [2.24, 2.45) is 0 Å². The summed E-state index contributed by atoms with van der Waals surface area (Å²) < 4.78 is 0. The lowest BCUT2D eigenvalue weighted by Crippen LogP contribution is -2.52. The summed E-state index contributed by atoms with van der Waals surface area (Å²) in [5, 5.41) is 3.13. The molecular formula is C28H30Si. The van der Waals surface area contributed by atoms with Gasteiger partial charge in [-0.3, -0.25) is 0 Å². The zero-order valence-corrected chi connectivity index (χ0v) is 19.1. The van der Waals surface area contributed by atoms with Crippen molar-refractivity contribution in [1.29, 1.82) is 0 Å². The average molecular weight is 395 g/mol. The monoisotopic (exact) mass is 394 g/mol. The molecule has 3 aromatic rings. The van der Waals surface area contributed by atoms with Crippen LogP contribution in [0.1, 0.15) is 33.3 Å². The third-order valence-corrected chi connectivity index (χ3v) is 11.1. The molecule has 0 saturated heterocycles. The van der Waals surface area contributed by atoms with E-state index in [0.717, 1.165) is 6.42 Å². The maximum atomic E-state index is 2.53. The first-order chi connectivity index (χ1) is 14.0. The molecule has 3 aromatic carbocycles. The van der Waals surface area contributed by atoms with E-state index in [1.807, 2.05) is 0 Å². The summed E-state index contributed by atoms with van der Waals surface area (Å²) in [6, 6.07) is 33.5. The summed E-state index contributed by atoms with van der Waals surface area (Å²) in [7, 11) is -1.57. The first-order valence-corrected chi connectivity index (χ1v) is 12.3. The van der Waals surface area contributed by atoms with Gasteiger partial charge in [-0.15, -0.1) is 0 Å². The highest BCUT2D eigenvalue weighted by atomic mass is 28.3. The molecule has 0 nitrogen and oxygen atoms in total. The topological polar surface area (TPSA) is 0 Å². The maximum absolute atomic E-state index is 2.53. The van der Waals surface area contributed by atoms with Crippen LogP contribution in [-0.4, -0.2) is 8.80 Å². The van der Waals surface area contributed by atoms with E-state index in [1.54, 1.807) is 11.1 Å². The SMILES string of the molecule is CC1=C(C)C(C)([SiH](c2ccccc2)c2ccccc2)C(Cc2ccccc2)=C1C. The maximum Gasteiger partial charge on any atom is 0.116 e. The van der Waals surface area contributed by atoms with Gasteiger partial charge in [0.05, 0.1) is 0 Å². The summed E-state index contributed by atoms with van der Waals surface area (Å²) in [4.78, 5) is 0. The summed E-state index contributed by atoms with van der Waals surface area (Å²) in [5.41, 5.74) is 7.57. The summed E-state index contributed by atoms with van der Waals surface area (Å²) in [6.45, 7) is 9.56. The fraction of sp³-hybridized carbons (Fsp3) is 0.214. The Morgan fingerprint density at radius 2 is 1.07 bits per heavy atom. The Morgan fingerprint density at radius 1 is 0.621 bits per heavy atom. The van der Waals surface area contributed by atoms with Crippen LogP contribution in [0.4, 0.5) is 0 Å². The van der Waals surface area contributed by atoms with Crippen LogP contribution >= 0.6 is 0 Å². The molecule has 0 radical (unpaired) electrons. The third-order valence-electron chi connectivity index (χ3n) is 7.05. The molecule has 0 bridgehead atoms. The van der Waals surface area contributed by atoms with Crippen molar-refractivity contribution in [3.8, 4) is 0 Å². The van der Waals surface area contributed by atoms with Gasteiger partial charge in [-0.25, -0.2) is 0 Å². The van der Waals surface area contributed by atoms with Gasteiger partial charge in [-0.05, 0) is 43.9 Å². The zero-order chi connectivity index (χ0) is 20.4. The van der Waals surface area contributed by atoms with E-state index in [-0.39, 0.29) is 5.04 Å². The Kier molecular flexibility index (Phi) is 5.43. The minimum Gasteiger partial charge on any atom is -0.0629 e. The van der Waals surface area contributed by atoms with Crippen molar-refractivity contribution in [3.05, 3.63) is 119 Å². The van der Waals surface area contributed by atoms with Crippen LogP contribution in [0.25, 0.3) is 0 Å². The Balaban J connectivity index is 1.91. The predicted molar refractivity (Wildman–Crippen MR) is 129 cm³/mol. The van der Waals surface area contributed by atoms with Gasteiger partial charge in [0, 0.05) is 5.04 Å². The molecule has 4 rings (SSSR count). The molecule has 0 saturated carbocycles. The van der Waals surface area contributed by atoms with Gasteiger partial charge < -0.3 is 0 Å². The average Bonchev–Trinajstić information content (AvgIpc) is 2.92. The van der Waals surface area contributed by atoms with E-state index in [0.29, 0.717) is 0 Å². The molecule has 0 N–H and O–H groups in total. The molecule has 1 unspecified atom stereocenters. The smallest absolute Gasteiger partial charge is 0.0629 e. The normalized spacial score (nSPS) is 19.3. The van der Waals surface area contributed by atoms with Crippen molar-refractivity contribution in [1.82, 2.24) is 0 Å². The number of rotatable bonds is 5. The van der Waals surface area contributed by atoms with Crippen molar-refractivity contribution < 1.29 is 0 Å². The van der Waals surface area contributed by atoms with Crippen LogP contribution in [0, 0.1) is 0 Å². The highest BCUT2D eigenvalue weighted by Gasteiger charge is 2.46. The number of benzene rings is 3. The number of hydrogen-bond donors (Lipinski definition) is 0. The molecule has 1 heteroatoms. The molecule has 0 spiro atoms. The highest BCUT2D eigenvalue weighted by Crippen LogP contribution is 2.55. The molecule has 29 heavy (non-hydrogen) atoms. The molecule has 1 aliphatic rings. The number of allylic oxidation sites excluding steroid dienone is 4. The van der Waals surface area contributed by atoms with Crippen molar-refractivity contribution >= 4 is 19.2 Å². The molecule has 1 atom stereocenters. The van der Waals surface area contributed by atoms with Gasteiger partial charge in [-0.2, -0.15) is 0 Å². The lowest BCUT2D eigenvalue weighted by Gasteiger charge is -2.39. The van der Waals surface area contributed by atoms with Gasteiger partial charge in [-0.1, -0.05) is 119 Å². The summed E-state index contributed by atoms with van der Waals surface area (Å²) in [5.74, 6) is 0. The first kappa shape index (κ1) is 19.7. The first-order valence-electron chi connectivity index (χ1n) is 10.6. The second-order valence-electron chi connectivity index (χ2n) is 8.47. The fourth-order valence-electron chi connectivity index (χ4n) is 5.17. The van der Waals surface area contributed by atoms with Gasteiger partial charge in [0.1, 0.15) is 8.80 Å². The fourth-order valence-corrected chi connectivity index (χ4v) is 9.42. The zero-order valence-electron chi connectivity index (χ0n) is 17.9. The van der Waals surface area contributed by atoms with E-state index in [4.69, 9.17) is 0 Å². The Bertz CT molecular complexity index is 1010. The predicted octanol–water partition coefficient (Wildman–Crippen LogP) is 5.70. The van der Waals surface area contributed by atoms with Gasteiger partial charge in [0.15, 0.2) is 0 Å². The lowest BCUT2D eigenvalue weighted by molar-refractivity contribution is 0.793. The minimum absolute atomic E-state index is 0.0900. The minimum atomic E-state index is -1.57. The summed E-state index contributed by atoms with van der Waals surface area (Å²) >= 11 is 0. The van der Waals surface area contributed by atoms with Crippen molar-refractivity contribution in [3.63, 3.8) is 0 Å². The van der Waals surface area contributed by atoms with Crippen molar-refractivity contribution in [2.45, 2.75) is 39.2 Å². The van der Waals surface area contributed by atoms with Crippen LogP contribution in [0.5, 0.6) is 0 Å². The van der Waals surface area contributed by atoms with Gasteiger partial charge >= 0.3 is 0 Å². The lowest BCUT2D eigenvalue weighted by atomic mass is 9.91. The van der Waals surface area contributed by atoms with Gasteiger partial charge in [0.2, 0.25) is 0 Å². The Labute approximate surface area is 177 Å². The van der Waals surface area contributed by atoms with E-state index in [1.165, 1.54) is 27.1 Å². The molecule has 0 heterocycles. The van der Waals surface area contributed by atoms with Crippen LogP contribution in [0.2, 0.25) is 5.04 Å². The van der Waals surface area contributed by atoms with E-state index >= 15 is 0 Å². The molecule has 146 valence electrons. The Hall–Kier alpha value is -2.64. The van der Waals surface area contributed by atoms with E-state index in [2.05, 4.69) is 119 Å². The molecule has 0 aromatic heterocycles. The van der Waals surface area contributed by atoms with Crippen LogP contribution < -0.4 is 10.4 Å². The van der Waals surface area contributed by atoms with E-state index < -0.39 is 8.80 Å². The molecular weight excluding hydrogens is 364 g/mol.